The number of hydrogen-bond donors (Lipinski definition) is 1. The Labute approximate surface area is 300 Å². The van der Waals surface area contributed by atoms with Gasteiger partial charge in [0.15, 0.2) is 18.5 Å². The van der Waals surface area contributed by atoms with Gasteiger partial charge in [-0.3, -0.25) is 0 Å². The van der Waals surface area contributed by atoms with Crippen LogP contribution in [0.3, 0.4) is 0 Å². The first-order valence-corrected chi connectivity index (χ1v) is 16.8. The Kier molecular flexibility index (Phi) is 10.3. The molecule has 8 heteroatoms. The number of rotatable bonds is 10. The van der Waals surface area contributed by atoms with Crippen molar-refractivity contribution in [2.45, 2.75) is 24.6 Å². The molecule has 258 valence electrons. The van der Waals surface area contributed by atoms with Crippen LogP contribution in [0.2, 0.25) is 0 Å². The van der Waals surface area contributed by atoms with Crippen molar-refractivity contribution in [3.05, 3.63) is 180 Å². The van der Waals surface area contributed by atoms with Crippen LogP contribution < -0.4 is 0 Å². The van der Waals surface area contributed by atoms with Crippen molar-refractivity contribution in [3.63, 3.8) is 0 Å². The molecule has 52 heavy (non-hydrogen) atoms. The van der Waals surface area contributed by atoms with E-state index in [-0.39, 0.29) is 17.7 Å². The number of ether oxygens (including phenoxy) is 4. The van der Waals surface area contributed by atoms with E-state index >= 15 is 0 Å². The monoisotopic (exact) mass is 690 g/mol. The summed E-state index contributed by atoms with van der Waals surface area (Å²) in [4.78, 5) is 39.9. The second-order valence-electron chi connectivity index (χ2n) is 12.2. The molecule has 1 aliphatic heterocycles. The Morgan fingerprint density at radius 2 is 0.769 bits per heavy atom. The van der Waals surface area contributed by atoms with Gasteiger partial charge in [-0.15, -0.1) is 0 Å². The summed E-state index contributed by atoms with van der Waals surface area (Å²) < 4.78 is 22.9. The first-order chi connectivity index (χ1) is 25.4. The van der Waals surface area contributed by atoms with Crippen molar-refractivity contribution in [3.8, 4) is 33.4 Å². The molecule has 0 aromatic heterocycles. The van der Waals surface area contributed by atoms with Crippen molar-refractivity contribution in [1.82, 2.24) is 0 Å². The minimum Gasteiger partial charge on any atom is -0.459 e. The fourth-order valence-electron chi connectivity index (χ4n) is 6.02. The Morgan fingerprint density at radius 1 is 0.442 bits per heavy atom. The zero-order valence-electron chi connectivity index (χ0n) is 27.9. The summed E-state index contributed by atoms with van der Waals surface area (Å²) in [6.45, 7) is -0.388. The first-order valence-electron chi connectivity index (χ1n) is 16.8. The van der Waals surface area contributed by atoms with Gasteiger partial charge in [0.05, 0.1) is 16.7 Å². The van der Waals surface area contributed by atoms with E-state index in [0.29, 0.717) is 5.56 Å². The van der Waals surface area contributed by atoms with Crippen molar-refractivity contribution in [2.75, 3.05) is 6.61 Å². The second-order valence-corrected chi connectivity index (χ2v) is 12.2. The van der Waals surface area contributed by atoms with Gasteiger partial charge in [0.2, 0.25) is 0 Å². The number of carbonyl (C=O) groups excluding carboxylic acids is 3. The predicted octanol–water partition coefficient (Wildman–Crippen LogP) is 8.01. The molecule has 0 bridgehead atoms. The van der Waals surface area contributed by atoms with E-state index in [1.54, 1.807) is 60.7 Å². The van der Waals surface area contributed by atoms with Gasteiger partial charge in [-0.2, -0.15) is 0 Å². The molecule has 4 atom stereocenters. The summed E-state index contributed by atoms with van der Waals surface area (Å²) in [7, 11) is 0. The fourth-order valence-corrected chi connectivity index (χ4v) is 6.02. The van der Waals surface area contributed by atoms with Crippen LogP contribution in [0, 0.1) is 0 Å². The van der Waals surface area contributed by atoms with Crippen LogP contribution in [-0.4, -0.2) is 54.2 Å². The van der Waals surface area contributed by atoms with Gasteiger partial charge in [0, 0.05) is 0 Å². The standard InChI is InChI=1S/C44H34O8/c45-41(35-22-16-32(17-23-35)29-10-4-1-5-11-29)49-28-38-39(51-42(46)36-24-18-33(19-25-36)30-12-6-2-7-13-30)40(44(48)50-38)52-43(47)37-26-20-34(21-27-37)31-14-8-3-9-15-31/h1-27,38-40,44,48H,28H2. The summed E-state index contributed by atoms with van der Waals surface area (Å²) in [6, 6.07) is 49.7. The Bertz CT molecular complexity index is 2120. The van der Waals surface area contributed by atoms with Gasteiger partial charge in [-0.25, -0.2) is 14.4 Å². The maximum absolute atomic E-state index is 13.5. The molecule has 8 nitrogen and oxygen atoms in total. The second kappa shape index (κ2) is 15.7. The third kappa shape index (κ3) is 7.84. The van der Waals surface area contributed by atoms with Crippen molar-refractivity contribution < 1.29 is 38.4 Å². The third-order valence-electron chi connectivity index (χ3n) is 8.83. The van der Waals surface area contributed by atoms with Gasteiger partial charge in [-0.05, 0) is 69.8 Å². The van der Waals surface area contributed by atoms with Crippen LogP contribution in [0.5, 0.6) is 0 Å². The quantitative estimate of drug-likeness (QED) is 0.114. The van der Waals surface area contributed by atoms with Gasteiger partial charge < -0.3 is 24.1 Å². The summed E-state index contributed by atoms with van der Waals surface area (Å²) in [5, 5.41) is 11.0. The molecule has 0 radical (unpaired) electrons. The van der Waals surface area contributed by atoms with Gasteiger partial charge in [0.25, 0.3) is 0 Å². The van der Waals surface area contributed by atoms with Crippen LogP contribution in [0.4, 0.5) is 0 Å². The van der Waals surface area contributed by atoms with E-state index in [4.69, 9.17) is 18.9 Å². The molecule has 6 aromatic carbocycles. The number of carbonyl (C=O) groups is 3. The van der Waals surface area contributed by atoms with E-state index in [9.17, 15) is 19.5 Å². The third-order valence-corrected chi connectivity index (χ3v) is 8.83. The number of hydrogen-bond acceptors (Lipinski definition) is 8. The molecule has 1 N–H and O–H groups in total. The van der Waals surface area contributed by atoms with Crippen LogP contribution in [0.25, 0.3) is 33.4 Å². The van der Waals surface area contributed by atoms with Crippen molar-refractivity contribution >= 4 is 17.9 Å². The Hall–Kier alpha value is -6.35. The molecule has 4 unspecified atom stereocenters. The summed E-state index contributed by atoms with van der Waals surface area (Å²) in [6.07, 6.45) is -5.53. The molecule has 0 saturated carbocycles. The van der Waals surface area contributed by atoms with Crippen LogP contribution >= 0.6 is 0 Å². The van der Waals surface area contributed by atoms with Gasteiger partial charge >= 0.3 is 17.9 Å². The number of aliphatic hydroxyl groups is 1. The predicted molar refractivity (Wildman–Crippen MR) is 195 cm³/mol. The first kappa shape index (κ1) is 34.1. The van der Waals surface area contributed by atoms with Crippen LogP contribution in [-0.2, 0) is 18.9 Å². The summed E-state index contributed by atoms with van der Waals surface area (Å²) >= 11 is 0. The fraction of sp³-hybridized carbons (Fsp3) is 0.114. The topological polar surface area (TPSA) is 108 Å². The number of benzene rings is 6. The highest BCUT2D eigenvalue weighted by Gasteiger charge is 2.50. The lowest BCUT2D eigenvalue weighted by atomic mass is 10.0. The SMILES string of the molecule is O=C(OCC1OC(O)C(OC(=O)c2ccc(-c3ccccc3)cc2)C1OC(=O)c1ccc(-c2ccccc2)cc1)c1ccc(-c2ccccc2)cc1. The molecule has 1 aliphatic rings. The average molecular weight is 691 g/mol. The molecular weight excluding hydrogens is 656 g/mol. The molecule has 6 aromatic rings. The van der Waals surface area contributed by atoms with Crippen molar-refractivity contribution in [1.29, 1.82) is 0 Å². The molecule has 0 amide bonds. The molecule has 1 fully saturated rings. The zero-order valence-corrected chi connectivity index (χ0v) is 27.9. The van der Waals surface area contributed by atoms with Crippen LogP contribution in [0.15, 0.2) is 164 Å². The summed E-state index contributed by atoms with van der Waals surface area (Å²) in [5.74, 6) is -2.13. The van der Waals surface area contributed by atoms with E-state index < -0.39 is 42.5 Å². The van der Waals surface area contributed by atoms with E-state index in [1.165, 1.54) is 0 Å². The van der Waals surface area contributed by atoms with Gasteiger partial charge in [0.1, 0.15) is 12.7 Å². The molecule has 1 saturated heterocycles. The highest BCUT2D eigenvalue weighted by atomic mass is 16.7. The maximum Gasteiger partial charge on any atom is 0.338 e. The maximum atomic E-state index is 13.5. The normalized spacial score (nSPS) is 17.9. The smallest absolute Gasteiger partial charge is 0.338 e. The molecule has 7 rings (SSSR count). The highest BCUT2D eigenvalue weighted by molar-refractivity contribution is 5.92. The van der Waals surface area contributed by atoms with E-state index in [1.807, 2.05) is 103 Å². The van der Waals surface area contributed by atoms with E-state index in [0.717, 1.165) is 33.4 Å². The average Bonchev–Trinajstić information content (AvgIpc) is 3.50. The van der Waals surface area contributed by atoms with Crippen LogP contribution in [0.1, 0.15) is 31.1 Å². The zero-order chi connectivity index (χ0) is 35.9. The van der Waals surface area contributed by atoms with Gasteiger partial charge in [-0.1, -0.05) is 127 Å². The van der Waals surface area contributed by atoms with Crippen molar-refractivity contribution in [2.24, 2.45) is 0 Å². The Balaban J connectivity index is 1.07. The largest absolute Gasteiger partial charge is 0.459 e. The Morgan fingerprint density at radius 3 is 1.15 bits per heavy atom. The lowest BCUT2D eigenvalue weighted by Gasteiger charge is -2.23. The summed E-state index contributed by atoms with van der Waals surface area (Å²) in [5.41, 5.74) is 6.47. The minimum atomic E-state index is -1.67. The van der Waals surface area contributed by atoms with E-state index in [2.05, 4.69) is 0 Å². The highest BCUT2D eigenvalue weighted by Crippen LogP contribution is 2.29. The molecule has 0 aliphatic carbocycles. The minimum absolute atomic E-state index is 0.224. The number of aliphatic hydroxyl groups excluding tert-OH is 1. The molecule has 0 spiro atoms. The molecule has 1 heterocycles. The lowest BCUT2D eigenvalue weighted by Crippen LogP contribution is -2.42. The number of esters is 3. The lowest BCUT2D eigenvalue weighted by molar-refractivity contribution is -0.135. The molecular formula is C44H34O8.